The van der Waals surface area contributed by atoms with Gasteiger partial charge in [-0.05, 0) is 50.2 Å². The standard InChI is InChI=1S/C11H22N2OS/c1-15-7-3-2-6-12-9-11(14)13-8-10-4-5-10/h10,12H,2-9H2,1H3,(H,13,14). The molecule has 0 spiro atoms. The lowest BCUT2D eigenvalue weighted by atomic mass is 10.3. The Morgan fingerprint density at radius 2 is 2.20 bits per heavy atom. The Labute approximate surface area is 96.8 Å². The summed E-state index contributed by atoms with van der Waals surface area (Å²) in [5.74, 6) is 2.14. The summed E-state index contributed by atoms with van der Waals surface area (Å²) in [6, 6.07) is 0. The molecule has 1 aliphatic carbocycles. The van der Waals surface area contributed by atoms with E-state index in [1.807, 2.05) is 11.8 Å². The number of thioether (sulfide) groups is 1. The molecule has 0 bridgehead atoms. The molecule has 1 rings (SSSR count). The van der Waals surface area contributed by atoms with E-state index in [9.17, 15) is 4.79 Å². The number of amides is 1. The van der Waals surface area contributed by atoms with Gasteiger partial charge in [-0.3, -0.25) is 4.79 Å². The van der Waals surface area contributed by atoms with Crippen molar-refractivity contribution in [3.63, 3.8) is 0 Å². The van der Waals surface area contributed by atoms with Gasteiger partial charge in [-0.2, -0.15) is 11.8 Å². The quantitative estimate of drug-likeness (QED) is 0.586. The minimum absolute atomic E-state index is 0.145. The van der Waals surface area contributed by atoms with Crippen LogP contribution in [0, 0.1) is 5.92 Å². The molecule has 0 unspecified atom stereocenters. The van der Waals surface area contributed by atoms with E-state index in [4.69, 9.17) is 0 Å². The van der Waals surface area contributed by atoms with Gasteiger partial charge in [0.2, 0.25) is 5.91 Å². The Morgan fingerprint density at radius 1 is 1.40 bits per heavy atom. The highest BCUT2D eigenvalue weighted by atomic mass is 32.2. The summed E-state index contributed by atoms with van der Waals surface area (Å²) >= 11 is 1.88. The summed E-state index contributed by atoms with van der Waals surface area (Å²) in [5, 5.41) is 6.11. The van der Waals surface area contributed by atoms with Crippen LogP contribution in [0.25, 0.3) is 0 Å². The zero-order valence-electron chi connectivity index (χ0n) is 9.55. The fourth-order valence-electron chi connectivity index (χ4n) is 1.34. The van der Waals surface area contributed by atoms with Gasteiger partial charge in [0.1, 0.15) is 0 Å². The number of unbranched alkanes of at least 4 members (excludes halogenated alkanes) is 1. The van der Waals surface area contributed by atoms with Crippen molar-refractivity contribution < 1.29 is 4.79 Å². The van der Waals surface area contributed by atoms with Gasteiger partial charge in [0.05, 0.1) is 6.54 Å². The van der Waals surface area contributed by atoms with Crippen molar-refractivity contribution in [3.05, 3.63) is 0 Å². The molecule has 1 saturated carbocycles. The third-order valence-corrected chi connectivity index (χ3v) is 3.22. The molecule has 88 valence electrons. The minimum Gasteiger partial charge on any atom is -0.355 e. The Kier molecular flexibility index (Phi) is 6.85. The maximum absolute atomic E-state index is 11.3. The molecule has 1 amide bonds. The molecule has 0 atom stereocenters. The van der Waals surface area contributed by atoms with Gasteiger partial charge >= 0.3 is 0 Å². The van der Waals surface area contributed by atoms with E-state index in [0.717, 1.165) is 25.4 Å². The van der Waals surface area contributed by atoms with Crippen LogP contribution in [-0.4, -0.2) is 37.6 Å². The monoisotopic (exact) mass is 230 g/mol. The summed E-state index contributed by atoms with van der Waals surface area (Å²) in [6.45, 7) is 2.32. The number of hydrogen-bond acceptors (Lipinski definition) is 3. The normalized spacial score (nSPS) is 15.3. The number of nitrogens with one attached hydrogen (secondary N) is 2. The van der Waals surface area contributed by atoms with Crippen molar-refractivity contribution in [2.45, 2.75) is 25.7 Å². The molecular formula is C11H22N2OS. The van der Waals surface area contributed by atoms with Crippen LogP contribution in [0.5, 0.6) is 0 Å². The van der Waals surface area contributed by atoms with E-state index in [1.54, 1.807) is 0 Å². The number of rotatable bonds is 9. The third-order valence-electron chi connectivity index (χ3n) is 2.52. The first-order valence-corrected chi connectivity index (χ1v) is 7.18. The lowest BCUT2D eigenvalue weighted by Gasteiger charge is -2.05. The maximum Gasteiger partial charge on any atom is 0.233 e. The van der Waals surface area contributed by atoms with Crippen LogP contribution in [0.1, 0.15) is 25.7 Å². The fourth-order valence-corrected chi connectivity index (χ4v) is 1.83. The van der Waals surface area contributed by atoms with Gasteiger partial charge in [-0.15, -0.1) is 0 Å². The van der Waals surface area contributed by atoms with E-state index < -0.39 is 0 Å². The molecule has 0 aromatic heterocycles. The van der Waals surface area contributed by atoms with Crippen LogP contribution in [-0.2, 0) is 4.79 Å². The van der Waals surface area contributed by atoms with Crippen LogP contribution in [0.4, 0.5) is 0 Å². The highest BCUT2D eigenvalue weighted by Crippen LogP contribution is 2.27. The van der Waals surface area contributed by atoms with Crippen molar-refractivity contribution in [3.8, 4) is 0 Å². The van der Waals surface area contributed by atoms with E-state index in [-0.39, 0.29) is 5.91 Å². The molecule has 15 heavy (non-hydrogen) atoms. The lowest BCUT2D eigenvalue weighted by molar-refractivity contribution is -0.120. The van der Waals surface area contributed by atoms with Crippen LogP contribution in [0.2, 0.25) is 0 Å². The summed E-state index contributed by atoms with van der Waals surface area (Å²) in [6.07, 6.45) is 7.11. The molecule has 4 heteroatoms. The second-order valence-corrected chi connectivity index (χ2v) is 5.11. The Hall–Kier alpha value is -0.220. The molecule has 0 aromatic carbocycles. The summed E-state index contributed by atoms with van der Waals surface area (Å²) in [4.78, 5) is 11.3. The Morgan fingerprint density at radius 3 is 2.87 bits per heavy atom. The number of carbonyl (C=O) groups is 1. The molecule has 0 heterocycles. The molecular weight excluding hydrogens is 208 g/mol. The Bertz CT molecular complexity index is 183. The molecule has 1 fully saturated rings. The van der Waals surface area contributed by atoms with Crippen molar-refractivity contribution in [1.29, 1.82) is 0 Å². The highest BCUT2D eigenvalue weighted by Gasteiger charge is 2.21. The van der Waals surface area contributed by atoms with Gasteiger partial charge in [-0.25, -0.2) is 0 Å². The van der Waals surface area contributed by atoms with Gasteiger partial charge in [-0.1, -0.05) is 0 Å². The smallest absolute Gasteiger partial charge is 0.233 e. The zero-order valence-corrected chi connectivity index (χ0v) is 10.4. The first-order valence-electron chi connectivity index (χ1n) is 5.79. The average Bonchev–Trinajstić information content (AvgIpc) is 3.04. The van der Waals surface area contributed by atoms with Crippen LogP contribution in [0.15, 0.2) is 0 Å². The molecule has 0 saturated heterocycles. The Balaban J connectivity index is 1.79. The third kappa shape index (κ3) is 7.68. The predicted octanol–water partition coefficient (Wildman–Crippen LogP) is 1.25. The largest absolute Gasteiger partial charge is 0.355 e. The average molecular weight is 230 g/mol. The van der Waals surface area contributed by atoms with Gasteiger partial charge in [0.25, 0.3) is 0 Å². The second-order valence-electron chi connectivity index (χ2n) is 4.12. The fraction of sp³-hybridized carbons (Fsp3) is 0.909. The topological polar surface area (TPSA) is 41.1 Å². The van der Waals surface area contributed by atoms with E-state index in [0.29, 0.717) is 6.54 Å². The van der Waals surface area contributed by atoms with Crippen molar-refractivity contribution >= 4 is 17.7 Å². The van der Waals surface area contributed by atoms with Gasteiger partial charge < -0.3 is 10.6 Å². The molecule has 3 nitrogen and oxygen atoms in total. The van der Waals surface area contributed by atoms with Crippen LogP contribution in [0.3, 0.4) is 0 Å². The van der Waals surface area contributed by atoms with Crippen LogP contribution < -0.4 is 10.6 Å². The number of carbonyl (C=O) groups excluding carboxylic acids is 1. The first kappa shape index (κ1) is 12.8. The molecule has 0 radical (unpaired) electrons. The van der Waals surface area contributed by atoms with Crippen LogP contribution >= 0.6 is 11.8 Å². The highest BCUT2D eigenvalue weighted by molar-refractivity contribution is 7.98. The van der Waals surface area contributed by atoms with E-state index in [2.05, 4.69) is 16.9 Å². The maximum atomic E-state index is 11.3. The van der Waals surface area contributed by atoms with E-state index in [1.165, 1.54) is 25.0 Å². The van der Waals surface area contributed by atoms with Gasteiger partial charge in [0.15, 0.2) is 0 Å². The molecule has 2 N–H and O–H groups in total. The summed E-state index contributed by atoms with van der Waals surface area (Å²) < 4.78 is 0. The van der Waals surface area contributed by atoms with E-state index >= 15 is 0 Å². The first-order chi connectivity index (χ1) is 7.33. The number of hydrogen-bond donors (Lipinski definition) is 2. The zero-order chi connectivity index (χ0) is 10.9. The SMILES string of the molecule is CSCCCCNCC(=O)NCC1CC1. The molecule has 1 aliphatic rings. The van der Waals surface area contributed by atoms with Crippen molar-refractivity contribution in [2.75, 3.05) is 31.6 Å². The molecule has 0 aliphatic heterocycles. The minimum atomic E-state index is 0.145. The molecule has 0 aromatic rings. The summed E-state index contributed by atoms with van der Waals surface area (Å²) in [5.41, 5.74) is 0. The van der Waals surface area contributed by atoms with Crippen molar-refractivity contribution in [2.24, 2.45) is 5.92 Å². The second kappa shape index (κ2) is 7.99. The van der Waals surface area contributed by atoms with Crippen molar-refractivity contribution in [1.82, 2.24) is 10.6 Å². The lowest BCUT2D eigenvalue weighted by Crippen LogP contribution is -2.35. The predicted molar refractivity (Wildman–Crippen MR) is 66.2 cm³/mol. The summed E-state index contributed by atoms with van der Waals surface area (Å²) in [7, 11) is 0. The van der Waals surface area contributed by atoms with Gasteiger partial charge in [0, 0.05) is 6.54 Å².